The summed E-state index contributed by atoms with van der Waals surface area (Å²) in [6.07, 6.45) is 3.90. The lowest BCUT2D eigenvalue weighted by molar-refractivity contribution is -0.384. The molecule has 10 heteroatoms. The van der Waals surface area contributed by atoms with Gasteiger partial charge < -0.3 is 16.0 Å². The maximum absolute atomic E-state index is 11.0. The standard InChI is InChI=1S/C18H24N6O2.2ClH/c1-2-5-14-11-17(23-9-4-6-13(19)12-23)22-18(20-14)21-15-7-3-8-16(10-15)24(25)26;;/h3,7-8,10-11,13H,2,4-6,9,12,19H2,1H3,(H,20,21,22);2*1H. The van der Waals surface area contributed by atoms with Gasteiger partial charge in [-0.3, -0.25) is 10.1 Å². The molecule has 154 valence electrons. The van der Waals surface area contributed by atoms with Gasteiger partial charge in [-0.1, -0.05) is 19.4 Å². The topological polar surface area (TPSA) is 110 Å². The number of nitrogens with zero attached hydrogens (tertiary/aromatic N) is 4. The number of nitrogens with two attached hydrogens (primary N) is 1. The molecule has 1 atom stereocenters. The zero-order valence-corrected chi connectivity index (χ0v) is 17.3. The third-order valence-electron chi connectivity index (χ3n) is 4.37. The van der Waals surface area contributed by atoms with E-state index in [2.05, 4.69) is 27.1 Å². The van der Waals surface area contributed by atoms with Crippen LogP contribution in [0.2, 0.25) is 0 Å². The molecule has 0 aliphatic carbocycles. The number of aryl methyl sites for hydroxylation is 1. The number of benzene rings is 1. The van der Waals surface area contributed by atoms with Gasteiger partial charge in [0.2, 0.25) is 5.95 Å². The van der Waals surface area contributed by atoms with Crippen LogP contribution in [0.15, 0.2) is 30.3 Å². The van der Waals surface area contributed by atoms with Gasteiger partial charge in [0.25, 0.3) is 5.69 Å². The Kier molecular flexibility index (Phi) is 9.37. The van der Waals surface area contributed by atoms with Gasteiger partial charge in [0, 0.05) is 48.7 Å². The molecule has 1 aromatic heterocycles. The van der Waals surface area contributed by atoms with Crippen molar-refractivity contribution in [1.29, 1.82) is 0 Å². The molecule has 3 N–H and O–H groups in total. The fraction of sp³-hybridized carbons (Fsp3) is 0.444. The highest BCUT2D eigenvalue weighted by molar-refractivity contribution is 5.85. The molecule has 0 bridgehead atoms. The number of non-ortho nitro benzene ring substituents is 1. The molecule has 8 nitrogen and oxygen atoms in total. The molecule has 2 heterocycles. The highest BCUT2D eigenvalue weighted by Gasteiger charge is 2.19. The fourth-order valence-corrected chi connectivity index (χ4v) is 3.13. The van der Waals surface area contributed by atoms with Crippen molar-refractivity contribution in [2.24, 2.45) is 5.73 Å². The van der Waals surface area contributed by atoms with Crippen LogP contribution in [0.5, 0.6) is 0 Å². The molecular weight excluding hydrogens is 403 g/mol. The first kappa shape index (κ1) is 23.9. The van der Waals surface area contributed by atoms with Crippen LogP contribution in [-0.2, 0) is 6.42 Å². The number of nitrogens with one attached hydrogen (secondary N) is 1. The zero-order chi connectivity index (χ0) is 18.5. The first-order chi connectivity index (χ1) is 12.5. The summed E-state index contributed by atoms with van der Waals surface area (Å²) in [6.45, 7) is 3.80. The number of aromatic nitrogens is 2. The molecule has 1 unspecified atom stereocenters. The van der Waals surface area contributed by atoms with E-state index in [1.807, 2.05) is 6.07 Å². The van der Waals surface area contributed by atoms with Crippen LogP contribution in [0.3, 0.4) is 0 Å². The average Bonchev–Trinajstić information content (AvgIpc) is 2.62. The van der Waals surface area contributed by atoms with Gasteiger partial charge in [-0.2, -0.15) is 4.98 Å². The molecule has 0 saturated carbocycles. The van der Waals surface area contributed by atoms with Crippen molar-refractivity contribution >= 4 is 48.0 Å². The molecule has 0 radical (unpaired) electrons. The van der Waals surface area contributed by atoms with E-state index in [1.165, 1.54) is 12.1 Å². The number of piperidine rings is 1. The number of nitro groups is 1. The lowest BCUT2D eigenvalue weighted by atomic mass is 10.1. The molecule has 2 aromatic rings. The van der Waals surface area contributed by atoms with Gasteiger partial charge >= 0.3 is 0 Å². The van der Waals surface area contributed by atoms with E-state index in [4.69, 9.17) is 5.73 Å². The lowest BCUT2D eigenvalue weighted by Gasteiger charge is -2.32. The van der Waals surface area contributed by atoms with Crippen molar-refractivity contribution in [2.45, 2.75) is 38.6 Å². The normalized spacial score (nSPS) is 15.9. The molecule has 0 spiro atoms. The number of hydrogen-bond donors (Lipinski definition) is 2. The van der Waals surface area contributed by atoms with E-state index < -0.39 is 4.92 Å². The minimum absolute atomic E-state index is 0. The summed E-state index contributed by atoms with van der Waals surface area (Å²) < 4.78 is 0. The molecule has 1 aliphatic heterocycles. The Morgan fingerprint density at radius 3 is 2.79 bits per heavy atom. The van der Waals surface area contributed by atoms with Crippen molar-refractivity contribution in [1.82, 2.24) is 9.97 Å². The van der Waals surface area contributed by atoms with Crippen molar-refractivity contribution in [3.8, 4) is 0 Å². The third kappa shape index (κ3) is 6.19. The van der Waals surface area contributed by atoms with Crippen LogP contribution in [0, 0.1) is 10.1 Å². The zero-order valence-electron chi connectivity index (χ0n) is 15.7. The van der Waals surface area contributed by atoms with Crippen molar-refractivity contribution in [2.75, 3.05) is 23.3 Å². The van der Waals surface area contributed by atoms with Crippen molar-refractivity contribution < 1.29 is 4.92 Å². The van der Waals surface area contributed by atoms with Crippen LogP contribution >= 0.6 is 24.8 Å². The summed E-state index contributed by atoms with van der Waals surface area (Å²) in [5.41, 5.74) is 7.67. The quantitative estimate of drug-likeness (QED) is 0.530. The Morgan fingerprint density at radius 1 is 1.32 bits per heavy atom. The maximum atomic E-state index is 11.0. The average molecular weight is 429 g/mol. The van der Waals surface area contributed by atoms with Gasteiger partial charge in [0.1, 0.15) is 5.82 Å². The first-order valence-corrected chi connectivity index (χ1v) is 8.95. The van der Waals surface area contributed by atoms with Crippen molar-refractivity contribution in [3.05, 3.63) is 46.1 Å². The maximum Gasteiger partial charge on any atom is 0.271 e. The molecule has 1 aliphatic rings. The van der Waals surface area contributed by atoms with Crippen LogP contribution in [-0.4, -0.2) is 34.0 Å². The van der Waals surface area contributed by atoms with Crippen LogP contribution < -0.4 is 16.0 Å². The van der Waals surface area contributed by atoms with E-state index in [0.29, 0.717) is 11.6 Å². The summed E-state index contributed by atoms with van der Waals surface area (Å²) in [4.78, 5) is 21.9. The predicted molar refractivity (Wildman–Crippen MR) is 116 cm³/mol. The monoisotopic (exact) mass is 428 g/mol. The Hall–Kier alpha value is -2.16. The smallest absolute Gasteiger partial charge is 0.271 e. The molecular formula is C18H26Cl2N6O2. The molecule has 1 saturated heterocycles. The second kappa shape index (κ2) is 11.0. The number of hydrogen-bond acceptors (Lipinski definition) is 7. The SMILES string of the molecule is CCCc1cc(N2CCCC(N)C2)nc(Nc2cccc([N+](=O)[O-])c2)n1.Cl.Cl. The number of nitro benzene ring substituents is 1. The van der Waals surface area contributed by atoms with Gasteiger partial charge in [-0.15, -0.1) is 24.8 Å². The van der Waals surface area contributed by atoms with Gasteiger partial charge in [0.05, 0.1) is 4.92 Å². The third-order valence-corrected chi connectivity index (χ3v) is 4.37. The summed E-state index contributed by atoms with van der Waals surface area (Å²) in [5, 5.41) is 14.1. The Labute approximate surface area is 176 Å². The minimum atomic E-state index is -0.417. The largest absolute Gasteiger partial charge is 0.355 e. The van der Waals surface area contributed by atoms with Gasteiger partial charge in [-0.05, 0) is 25.3 Å². The fourth-order valence-electron chi connectivity index (χ4n) is 3.13. The van der Waals surface area contributed by atoms with Gasteiger partial charge in [0.15, 0.2) is 0 Å². The number of halogens is 2. The minimum Gasteiger partial charge on any atom is -0.355 e. The van der Waals surface area contributed by atoms with Gasteiger partial charge in [-0.25, -0.2) is 4.98 Å². The summed E-state index contributed by atoms with van der Waals surface area (Å²) in [6, 6.07) is 8.51. The predicted octanol–water partition coefficient (Wildman–Crippen LogP) is 3.85. The van der Waals surface area contributed by atoms with E-state index in [9.17, 15) is 10.1 Å². The second-order valence-electron chi connectivity index (χ2n) is 6.57. The van der Waals surface area contributed by atoms with E-state index in [1.54, 1.807) is 12.1 Å². The Morgan fingerprint density at radius 2 is 2.11 bits per heavy atom. The molecule has 1 aromatic carbocycles. The lowest BCUT2D eigenvalue weighted by Crippen LogP contribution is -2.43. The number of anilines is 3. The summed E-state index contributed by atoms with van der Waals surface area (Å²) >= 11 is 0. The molecule has 1 fully saturated rings. The molecule has 28 heavy (non-hydrogen) atoms. The first-order valence-electron chi connectivity index (χ1n) is 8.95. The van der Waals surface area contributed by atoms with E-state index >= 15 is 0 Å². The highest BCUT2D eigenvalue weighted by atomic mass is 35.5. The summed E-state index contributed by atoms with van der Waals surface area (Å²) in [5.74, 6) is 1.30. The van der Waals surface area contributed by atoms with E-state index in [-0.39, 0.29) is 36.5 Å². The van der Waals surface area contributed by atoms with E-state index in [0.717, 1.165) is 50.3 Å². The van der Waals surface area contributed by atoms with Crippen LogP contribution in [0.1, 0.15) is 31.9 Å². The Balaban J connectivity index is 0.00000196. The number of rotatable bonds is 6. The van der Waals surface area contributed by atoms with Crippen molar-refractivity contribution in [3.63, 3.8) is 0 Å². The molecule has 0 amide bonds. The second-order valence-corrected chi connectivity index (χ2v) is 6.57. The Bertz CT molecular complexity index is 792. The highest BCUT2D eigenvalue weighted by Crippen LogP contribution is 2.24. The summed E-state index contributed by atoms with van der Waals surface area (Å²) in [7, 11) is 0. The van der Waals surface area contributed by atoms with Crippen LogP contribution in [0.25, 0.3) is 0 Å². The van der Waals surface area contributed by atoms with Crippen LogP contribution in [0.4, 0.5) is 23.1 Å². The molecule has 3 rings (SSSR count).